The Kier molecular flexibility index (Phi) is 5.29. The van der Waals surface area contributed by atoms with E-state index in [0.29, 0.717) is 15.8 Å². The Morgan fingerprint density at radius 3 is 2.48 bits per heavy atom. The maximum absolute atomic E-state index is 10.8. The molecule has 0 radical (unpaired) electrons. The molecule has 0 atom stereocenters. The van der Waals surface area contributed by atoms with Crippen molar-refractivity contribution in [2.45, 2.75) is 6.61 Å². The summed E-state index contributed by atoms with van der Waals surface area (Å²) in [5, 5.41) is 10.6. The second-order valence-electron chi connectivity index (χ2n) is 4.14. The summed E-state index contributed by atoms with van der Waals surface area (Å²) in [4.78, 5) is 20.9. The molecule has 0 N–H and O–H groups in total. The van der Waals surface area contributed by atoms with Gasteiger partial charge in [-0.25, -0.2) is 0 Å². The van der Waals surface area contributed by atoms with Gasteiger partial charge >= 0.3 is 0 Å². The van der Waals surface area contributed by atoms with Crippen molar-refractivity contribution in [2.75, 3.05) is 0 Å². The number of ether oxygens (including phenoxy) is 1. The fourth-order valence-corrected chi connectivity index (χ4v) is 3.42. The number of nitrogens with zero attached hydrogens (tertiary/aromatic N) is 1. The third-order valence-electron chi connectivity index (χ3n) is 2.69. The topological polar surface area (TPSA) is 69.4 Å². The number of non-ortho nitro benzene ring substituents is 1. The highest BCUT2D eigenvalue weighted by Gasteiger charge is 2.10. The molecule has 0 bridgehead atoms. The molecule has 0 aromatic heterocycles. The normalized spacial score (nSPS) is 10.2. The molecule has 0 amide bonds. The minimum absolute atomic E-state index is 0.0462. The first-order chi connectivity index (χ1) is 10.0. The average molecular weight is 462 g/mol. The molecule has 0 saturated heterocycles. The van der Waals surface area contributed by atoms with Gasteiger partial charge in [0.1, 0.15) is 18.6 Å². The fraction of sp³-hybridized carbons (Fsp3) is 0.0714. The van der Waals surface area contributed by atoms with E-state index in [9.17, 15) is 14.9 Å². The summed E-state index contributed by atoms with van der Waals surface area (Å²) in [6.45, 7) is 0.285. The smallest absolute Gasteiger partial charge is 0.269 e. The molecule has 0 aliphatic heterocycles. The van der Waals surface area contributed by atoms with Crippen LogP contribution in [0.5, 0.6) is 5.75 Å². The van der Waals surface area contributed by atoms with E-state index in [4.69, 9.17) is 4.74 Å². The Labute approximate surface area is 142 Å². The number of halogens is 2. The highest BCUT2D eigenvalue weighted by Crippen LogP contribution is 2.32. The number of nitro groups is 1. The first-order valence-corrected chi connectivity index (χ1v) is 7.69. The van der Waals surface area contributed by atoms with E-state index in [-0.39, 0.29) is 12.3 Å². The van der Waals surface area contributed by atoms with E-state index < -0.39 is 4.92 Å². The highest BCUT2D eigenvalue weighted by molar-refractivity contribution is 14.1. The lowest BCUT2D eigenvalue weighted by molar-refractivity contribution is -0.384. The van der Waals surface area contributed by atoms with Crippen LogP contribution in [0, 0.1) is 13.7 Å². The van der Waals surface area contributed by atoms with Crippen molar-refractivity contribution in [1.82, 2.24) is 0 Å². The van der Waals surface area contributed by atoms with Gasteiger partial charge in [-0.3, -0.25) is 14.9 Å². The SMILES string of the molecule is O=Cc1cc(Br)c(OCc2ccc([N+](=O)[O-])cc2)c(I)c1. The van der Waals surface area contributed by atoms with Crippen molar-refractivity contribution in [3.8, 4) is 5.75 Å². The van der Waals surface area contributed by atoms with E-state index in [1.807, 2.05) is 0 Å². The highest BCUT2D eigenvalue weighted by atomic mass is 127. The van der Waals surface area contributed by atoms with E-state index in [0.717, 1.165) is 15.4 Å². The van der Waals surface area contributed by atoms with E-state index in [2.05, 4.69) is 38.5 Å². The Balaban J connectivity index is 2.13. The fourth-order valence-electron chi connectivity index (χ4n) is 1.65. The molecular formula is C14H9BrINO4. The minimum Gasteiger partial charge on any atom is -0.487 e. The predicted molar refractivity (Wildman–Crippen MR) is 89.7 cm³/mol. The monoisotopic (exact) mass is 461 g/mol. The van der Waals surface area contributed by atoms with Gasteiger partial charge in [-0.15, -0.1) is 0 Å². The molecule has 0 heterocycles. The summed E-state index contributed by atoms with van der Waals surface area (Å²) in [5.74, 6) is 0.638. The molecule has 2 rings (SSSR count). The third kappa shape index (κ3) is 4.01. The van der Waals surface area contributed by atoms with Gasteiger partial charge in [0, 0.05) is 17.7 Å². The van der Waals surface area contributed by atoms with Gasteiger partial charge in [0.15, 0.2) is 0 Å². The maximum atomic E-state index is 10.8. The number of rotatable bonds is 5. The number of aldehydes is 1. The van der Waals surface area contributed by atoms with E-state index >= 15 is 0 Å². The van der Waals surface area contributed by atoms with Crippen LogP contribution in [0.4, 0.5) is 5.69 Å². The van der Waals surface area contributed by atoms with Gasteiger partial charge in [-0.1, -0.05) is 0 Å². The first-order valence-electron chi connectivity index (χ1n) is 5.81. The van der Waals surface area contributed by atoms with Crippen LogP contribution in [0.3, 0.4) is 0 Å². The molecule has 108 valence electrons. The summed E-state index contributed by atoms with van der Waals surface area (Å²) in [6, 6.07) is 9.59. The molecule has 0 aliphatic rings. The summed E-state index contributed by atoms with van der Waals surface area (Å²) in [6.07, 6.45) is 0.771. The second kappa shape index (κ2) is 6.99. The lowest BCUT2D eigenvalue weighted by Crippen LogP contribution is -1.99. The van der Waals surface area contributed by atoms with Crippen molar-refractivity contribution in [3.63, 3.8) is 0 Å². The zero-order chi connectivity index (χ0) is 15.4. The van der Waals surface area contributed by atoms with Crippen molar-refractivity contribution in [2.24, 2.45) is 0 Å². The summed E-state index contributed by atoms with van der Waals surface area (Å²) >= 11 is 5.45. The number of hydrogen-bond donors (Lipinski definition) is 0. The molecule has 5 nitrogen and oxygen atoms in total. The van der Waals surface area contributed by atoms with Gasteiger partial charge in [0.2, 0.25) is 0 Å². The summed E-state index contributed by atoms with van der Waals surface area (Å²) in [7, 11) is 0. The van der Waals surface area contributed by atoms with Crippen molar-refractivity contribution in [1.29, 1.82) is 0 Å². The Morgan fingerprint density at radius 2 is 1.95 bits per heavy atom. The van der Waals surface area contributed by atoms with Crippen LogP contribution in [-0.2, 0) is 6.61 Å². The molecule has 0 saturated carbocycles. The van der Waals surface area contributed by atoms with Crippen molar-refractivity contribution < 1.29 is 14.5 Å². The molecule has 0 spiro atoms. The second-order valence-corrected chi connectivity index (χ2v) is 6.16. The lowest BCUT2D eigenvalue weighted by Gasteiger charge is -2.11. The van der Waals surface area contributed by atoms with Gasteiger partial charge < -0.3 is 4.74 Å². The van der Waals surface area contributed by atoms with Crippen LogP contribution in [0.15, 0.2) is 40.9 Å². The standard InChI is InChI=1S/C14H9BrINO4/c15-12-5-10(7-18)6-13(16)14(12)21-8-9-1-3-11(4-2-9)17(19)20/h1-7H,8H2. The molecule has 0 aliphatic carbocycles. The first kappa shape index (κ1) is 15.9. The Hall–Kier alpha value is -1.48. The van der Waals surface area contributed by atoms with E-state index in [1.165, 1.54) is 12.1 Å². The molecule has 21 heavy (non-hydrogen) atoms. The average Bonchev–Trinajstić information content (AvgIpc) is 2.46. The zero-order valence-corrected chi connectivity index (χ0v) is 14.3. The number of carbonyl (C=O) groups excluding carboxylic acids is 1. The molecule has 0 fully saturated rings. The Morgan fingerprint density at radius 1 is 1.29 bits per heavy atom. The van der Waals surface area contributed by atoms with Gasteiger partial charge in [-0.05, 0) is 68.3 Å². The summed E-state index contributed by atoms with van der Waals surface area (Å²) in [5.41, 5.74) is 1.43. The molecule has 2 aromatic rings. The summed E-state index contributed by atoms with van der Waals surface area (Å²) < 4.78 is 7.22. The molecule has 2 aromatic carbocycles. The number of benzene rings is 2. The predicted octanol–water partition coefficient (Wildman–Crippen LogP) is 4.35. The maximum Gasteiger partial charge on any atom is 0.269 e. The van der Waals surface area contributed by atoms with Crippen LogP contribution in [-0.4, -0.2) is 11.2 Å². The number of nitro benzene ring substituents is 1. The molecular weight excluding hydrogens is 453 g/mol. The third-order valence-corrected chi connectivity index (χ3v) is 4.08. The van der Waals surface area contributed by atoms with Crippen LogP contribution in [0.25, 0.3) is 0 Å². The molecule has 7 heteroatoms. The molecule has 0 unspecified atom stereocenters. The number of carbonyl (C=O) groups is 1. The Bertz CT molecular complexity index is 665. The largest absolute Gasteiger partial charge is 0.487 e. The van der Waals surface area contributed by atoms with Gasteiger partial charge in [-0.2, -0.15) is 0 Å². The zero-order valence-electron chi connectivity index (χ0n) is 10.6. The quantitative estimate of drug-likeness (QED) is 0.287. The number of hydrogen-bond acceptors (Lipinski definition) is 4. The van der Waals surface area contributed by atoms with Crippen LogP contribution < -0.4 is 4.74 Å². The van der Waals surface area contributed by atoms with Crippen LogP contribution in [0.1, 0.15) is 15.9 Å². The van der Waals surface area contributed by atoms with Crippen LogP contribution >= 0.6 is 38.5 Å². The van der Waals surface area contributed by atoms with Gasteiger partial charge in [0.25, 0.3) is 5.69 Å². The van der Waals surface area contributed by atoms with Crippen molar-refractivity contribution in [3.05, 3.63) is 65.7 Å². The van der Waals surface area contributed by atoms with Crippen molar-refractivity contribution >= 4 is 50.5 Å². The van der Waals surface area contributed by atoms with Crippen LogP contribution in [0.2, 0.25) is 0 Å². The minimum atomic E-state index is -0.442. The van der Waals surface area contributed by atoms with E-state index in [1.54, 1.807) is 24.3 Å². The lowest BCUT2D eigenvalue weighted by atomic mass is 10.2. The van der Waals surface area contributed by atoms with Gasteiger partial charge in [0.05, 0.1) is 13.0 Å².